The number of hydrogen-bond acceptors (Lipinski definition) is 6. The fourth-order valence-electron chi connectivity index (χ4n) is 7.96. The number of carbonyl (C=O) groups excluding carboxylic acids is 3. The van der Waals surface area contributed by atoms with Crippen molar-refractivity contribution < 1.29 is 28.6 Å². The minimum absolute atomic E-state index is 0.0636. The zero-order chi connectivity index (χ0) is 43.3. The van der Waals surface area contributed by atoms with Crippen molar-refractivity contribution in [2.24, 2.45) is 11.8 Å². The summed E-state index contributed by atoms with van der Waals surface area (Å²) >= 11 is 0. The van der Waals surface area contributed by atoms with E-state index in [1.54, 1.807) is 0 Å². The Kier molecular flexibility index (Phi) is 44.7. The molecule has 0 heterocycles. The van der Waals surface area contributed by atoms with Crippen molar-refractivity contribution in [3.05, 3.63) is 0 Å². The number of ether oxygens (including phenoxy) is 3. The van der Waals surface area contributed by atoms with Crippen molar-refractivity contribution in [1.29, 1.82) is 0 Å². The zero-order valence-corrected chi connectivity index (χ0v) is 40.4. The Morgan fingerprint density at radius 1 is 0.356 bits per heavy atom. The first-order chi connectivity index (χ1) is 28.8. The Balaban J connectivity index is 4.30. The minimum atomic E-state index is -0.761. The van der Waals surface area contributed by atoms with Crippen molar-refractivity contribution in [3.63, 3.8) is 0 Å². The Morgan fingerprint density at radius 3 is 0.966 bits per heavy atom. The normalized spacial score (nSPS) is 12.5. The van der Waals surface area contributed by atoms with E-state index in [0.29, 0.717) is 19.3 Å². The van der Waals surface area contributed by atoms with Gasteiger partial charge < -0.3 is 14.2 Å². The van der Waals surface area contributed by atoms with Crippen LogP contribution in [0.1, 0.15) is 291 Å². The fraction of sp³-hybridized carbons (Fsp3) is 0.943. The summed E-state index contributed by atoms with van der Waals surface area (Å²) in [4.78, 5) is 37.9. The number of esters is 3. The first kappa shape index (κ1) is 57.4. The van der Waals surface area contributed by atoms with Gasteiger partial charge in [-0.05, 0) is 31.1 Å². The Bertz CT molecular complexity index is 902. The van der Waals surface area contributed by atoms with Gasteiger partial charge in [0.05, 0.1) is 0 Å². The van der Waals surface area contributed by atoms with Crippen LogP contribution in [-0.4, -0.2) is 37.2 Å². The van der Waals surface area contributed by atoms with Gasteiger partial charge in [0.2, 0.25) is 0 Å². The number of hydrogen-bond donors (Lipinski definition) is 0. The SMILES string of the molecule is CCCCCCCCCCCCCC(=O)OC[C@@H](COC(=O)CCCCCCCCCCCCCCCC(C)C)OC(=O)CCCCCCCCCCCCC(C)CC. The standard InChI is InChI=1S/C53H102O6/c1-6-8-9-10-11-12-16-23-28-33-38-43-51(54)57-46-50(59-53(56)45-40-35-30-25-20-19-22-27-32-37-42-49(5)7-2)47-58-52(55)44-39-34-29-24-18-15-13-14-17-21-26-31-36-41-48(3)4/h48-50H,6-47H2,1-5H3/t49?,50-/m0/s1. The third-order valence-electron chi connectivity index (χ3n) is 12.3. The molecule has 59 heavy (non-hydrogen) atoms. The van der Waals surface area contributed by atoms with Crippen LogP contribution in [0.3, 0.4) is 0 Å². The van der Waals surface area contributed by atoms with Crippen LogP contribution in [0.4, 0.5) is 0 Å². The highest BCUT2D eigenvalue weighted by Crippen LogP contribution is 2.18. The molecule has 0 rings (SSSR count). The predicted molar refractivity (Wildman–Crippen MR) is 252 cm³/mol. The maximum Gasteiger partial charge on any atom is 0.306 e. The van der Waals surface area contributed by atoms with Crippen LogP contribution in [0.15, 0.2) is 0 Å². The third-order valence-corrected chi connectivity index (χ3v) is 12.3. The lowest BCUT2D eigenvalue weighted by Crippen LogP contribution is -2.30. The van der Waals surface area contributed by atoms with E-state index in [4.69, 9.17) is 14.2 Å². The summed E-state index contributed by atoms with van der Waals surface area (Å²) in [5.74, 6) is 0.860. The lowest BCUT2D eigenvalue weighted by Gasteiger charge is -2.18. The number of rotatable bonds is 47. The molecule has 6 heteroatoms. The molecular formula is C53H102O6. The van der Waals surface area contributed by atoms with Gasteiger partial charge in [0.25, 0.3) is 0 Å². The average molecular weight is 835 g/mol. The second-order valence-corrected chi connectivity index (χ2v) is 18.9. The summed E-state index contributed by atoms with van der Waals surface area (Å²) in [6.07, 6.45) is 46.5. The van der Waals surface area contributed by atoms with Gasteiger partial charge in [-0.25, -0.2) is 0 Å². The highest BCUT2D eigenvalue weighted by atomic mass is 16.6. The largest absolute Gasteiger partial charge is 0.462 e. The van der Waals surface area contributed by atoms with Gasteiger partial charge in [-0.15, -0.1) is 0 Å². The Morgan fingerprint density at radius 2 is 0.644 bits per heavy atom. The van der Waals surface area contributed by atoms with Gasteiger partial charge in [0.1, 0.15) is 13.2 Å². The maximum absolute atomic E-state index is 12.8. The highest BCUT2D eigenvalue weighted by molar-refractivity contribution is 5.71. The molecule has 6 nitrogen and oxygen atoms in total. The van der Waals surface area contributed by atoms with Gasteiger partial charge in [-0.2, -0.15) is 0 Å². The summed E-state index contributed by atoms with van der Waals surface area (Å²) in [5, 5.41) is 0. The summed E-state index contributed by atoms with van der Waals surface area (Å²) in [6.45, 7) is 11.4. The summed E-state index contributed by atoms with van der Waals surface area (Å²) in [6, 6.07) is 0. The van der Waals surface area contributed by atoms with E-state index in [1.807, 2.05) is 0 Å². The molecule has 0 amide bonds. The van der Waals surface area contributed by atoms with E-state index in [1.165, 1.54) is 180 Å². The Labute approximate surface area is 368 Å². The van der Waals surface area contributed by atoms with E-state index in [0.717, 1.165) is 69.6 Å². The zero-order valence-electron chi connectivity index (χ0n) is 40.4. The summed E-state index contributed by atoms with van der Waals surface area (Å²) in [5.41, 5.74) is 0. The molecule has 0 fully saturated rings. The third kappa shape index (κ3) is 45.8. The molecule has 0 aromatic heterocycles. The molecule has 0 bridgehead atoms. The molecule has 0 spiro atoms. The monoisotopic (exact) mass is 835 g/mol. The molecule has 0 saturated carbocycles. The molecule has 350 valence electrons. The van der Waals surface area contributed by atoms with Gasteiger partial charge in [0.15, 0.2) is 6.10 Å². The molecular weight excluding hydrogens is 733 g/mol. The second-order valence-electron chi connectivity index (χ2n) is 18.9. The minimum Gasteiger partial charge on any atom is -0.462 e. The van der Waals surface area contributed by atoms with Gasteiger partial charge in [-0.1, -0.05) is 253 Å². The van der Waals surface area contributed by atoms with Crippen molar-refractivity contribution in [2.45, 2.75) is 298 Å². The molecule has 0 aromatic carbocycles. The van der Waals surface area contributed by atoms with Gasteiger partial charge >= 0.3 is 17.9 Å². The second kappa shape index (κ2) is 45.9. The van der Waals surface area contributed by atoms with Crippen molar-refractivity contribution in [1.82, 2.24) is 0 Å². The van der Waals surface area contributed by atoms with Crippen molar-refractivity contribution >= 4 is 17.9 Å². The number of unbranched alkanes of at least 4 members (excludes halogenated alkanes) is 31. The van der Waals surface area contributed by atoms with E-state index < -0.39 is 6.10 Å². The van der Waals surface area contributed by atoms with Crippen LogP contribution in [-0.2, 0) is 28.6 Å². The van der Waals surface area contributed by atoms with E-state index >= 15 is 0 Å². The van der Waals surface area contributed by atoms with Crippen LogP contribution >= 0.6 is 0 Å². The van der Waals surface area contributed by atoms with Crippen LogP contribution in [0, 0.1) is 11.8 Å². The lowest BCUT2D eigenvalue weighted by atomic mass is 9.99. The van der Waals surface area contributed by atoms with E-state index in [2.05, 4.69) is 34.6 Å². The number of carbonyl (C=O) groups is 3. The fourth-order valence-corrected chi connectivity index (χ4v) is 7.96. The summed E-state index contributed by atoms with van der Waals surface area (Å²) < 4.78 is 16.8. The molecule has 0 N–H and O–H groups in total. The van der Waals surface area contributed by atoms with E-state index in [-0.39, 0.29) is 31.1 Å². The van der Waals surface area contributed by atoms with Crippen LogP contribution < -0.4 is 0 Å². The smallest absolute Gasteiger partial charge is 0.306 e. The van der Waals surface area contributed by atoms with Crippen LogP contribution in [0.25, 0.3) is 0 Å². The maximum atomic E-state index is 12.8. The average Bonchev–Trinajstić information content (AvgIpc) is 3.22. The molecule has 0 aliphatic rings. The topological polar surface area (TPSA) is 78.9 Å². The van der Waals surface area contributed by atoms with Gasteiger partial charge in [0, 0.05) is 19.3 Å². The molecule has 0 saturated heterocycles. The molecule has 0 aliphatic carbocycles. The lowest BCUT2D eigenvalue weighted by molar-refractivity contribution is -0.167. The first-order valence-electron chi connectivity index (χ1n) is 26.3. The van der Waals surface area contributed by atoms with E-state index in [9.17, 15) is 14.4 Å². The quantitative estimate of drug-likeness (QED) is 0.0345. The van der Waals surface area contributed by atoms with Crippen molar-refractivity contribution in [2.75, 3.05) is 13.2 Å². The van der Waals surface area contributed by atoms with Crippen LogP contribution in [0.2, 0.25) is 0 Å². The highest BCUT2D eigenvalue weighted by Gasteiger charge is 2.19. The summed E-state index contributed by atoms with van der Waals surface area (Å²) in [7, 11) is 0. The van der Waals surface area contributed by atoms with Crippen molar-refractivity contribution in [3.8, 4) is 0 Å². The molecule has 0 aromatic rings. The molecule has 0 radical (unpaired) electrons. The van der Waals surface area contributed by atoms with Crippen LogP contribution in [0.5, 0.6) is 0 Å². The van der Waals surface area contributed by atoms with Gasteiger partial charge in [-0.3, -0.25) is 14.4 Å². The predicted octanol–water partition coefficient (Wildman–Crippen LogP) is 16.9. The molecule has 2 atom stereocenters. The molecule has 0 aliphatic heterocycles. The molecule has 1 unspecified atom stereocenters. The first-order valence-corrected chi connectivity index (χ1v) is 26.3. The Hall–Kier alpha value is -1.59.